The summed E-state index contributed by atoms with van der Waals surface area (Å²) in [6.45, 7) is 7.89. The van der Waals surface area contributed by atoms with E-state index in [1.807, 2.05) is 39.8 Å². The normalized spacial score (nSPS) is 13.6. The number of hydrogen-bond acceptors (Lipinski definition) is 6. The second-order valence-electron chi connectivity index (χ2n) is 9.31. The first-order valence-electron chi connectivity index (χ1n) is 10.8. The molecule has 0 unspecified atom stereocenters. The van der Waals surface area contributed by atoms with Crippen LogP contribution in [-0.4, -0.2) is 26.9 Å². The molecule has 0 spiro atoms. The monoisotopic (exact) mass is 451 g/mol. The number of aryl methyl sites for hydroxylation is 1. The van der Waals surface area contributed by atoms with Crippen molar-refractivity contribution in [3.8, 4) is 11.1 Å². The fraction of sp³-hybridized carbons (Fsp3) is 0.375. The topological polar surface area (TPSA) is 110 Å². The predicted molar refractivity (Wildman–Crippen MR) is 120 cm³/mol. The van der Waals surface area contributed by atoms with Crippen molar-refractivity contribution in [3.05, 3.63) is 59.1 Å². The number of aromatic nitrogens is 3. The Hall–Kier alpha value is -3.62. The molecule has 1 saturated carbocycles. The highest BCUT2D eigenvalue weighted by Crippen LogP contribution is 2.31. The van der Waals surface area contributed by atoms with Crippen LogP contribution in [0.3, 0.4) is 0 Å². The van der Waals surface area contributed by atoms with Crippen LogP contribution in [0.5, 0.6) is 0 Å². The highest BCUT2D eigenvalue weighted by atomic mass is 19.1. The van der Waals surface area contributed by atoms with Crippen molar-refractivity contribution in [2.75, 3.05) is 5.32 Å². The Labute approximate surface area is 191 Å². The van der Waals surface area contributed by atoms with E-state index >= 15 is 0 Å². The van der Waals surface area contributed by atoms with Crippen LogP contribution >= 0.6 is 0 Å². The zero-order valence-electron chi connectivity index (χ0n) is 19.0. The van der Waals surface area contributed by atoms with Crippen LogP contribution in [0.25, 0.3) is 11.1 Å². The van der Waals surface area contributed by atoms with Gasteiger partial charge in [0.15, 0.2) is 0 Å². The molecular weight excluding hydrogens is 425 g/mol. The van der Waals surface area contributed by atoms with Gasteiger partial charge in [-0.15, -0.1) is 0 Å². The van der Waals surface area contributed by atoms with Gasteiger partial charge in [-0.3, -0.25) is 9.59 Å². The molecule has 4 rings (SSSR count). The molecular formula is C24H26FN5O3. The van der Waals surface area contributed by atoms with Gasteiger partial charge in [-0.05, 0) is 42.5 Å². The van der Waals surface area contributed by atoms with E-state index in [-0.39, 0.29) is 29.6 Å². The van der Waals surface area contributed by atoms with Crippen LogP contribution in [0.15, 0.2) is 35.0 Å². The lowest BCUT2D eigenvalue weighted by atomic mass is 9.97. The van der Waals surface area contributed by atoms with E-state index in [4.69, 9.17) is 4.52 Å². The minimum Gasteiger partial charge on any atom is -0.345 e. The molecule has 2 aromatic heterocycles. The third-order valence-electron chi connectivity index (χ3n) is 5.42. The first-order chi connectivity index (χ1) is 15.6. The lowest BCUT2D eigenvalue weighted by molar-refractivity contribution is -0.117. The van der Waals surface area contributed by atoms with Crippen molar-refractivity contribution in [3.63, 3.8) is 0 Å². The van der Waals surface area contributed by atoms with E-state index in [1.54, 1.807) is 6.07 Å². The molecule has 0 radical (unpaired) electrons. The number of halogens is 1. The zero-order valence-corrected chi connectivity index (χ0v) is 19.0. The van der Waals surface area contributed by atoms with E-state index in [2.05, 4.69) is 25.8 Å². The number of nitrogens with zero attached hydrogens (tertiary/aromatic N) is 3. The molecule has 0 atom stereocenters. The smallest absolute Gasteiger partial charge is 0.292 e. The first kappa shape index (κ1) is 22.6. The molecule has 2 amide bonds. The van der Waals surface area contributed by atoms with Crippen LogP contribution in [0.2, 0.25) is 0 Å². The molecule has 33 heavy (non-hydrogen) atoms. The van der Waals surface area contributed by atoms with Gasteiger partial charge in [-0.25, -0.2) is 9.37 Å². The van der Waals surface area contributed by atoms with Gasteiger partial charge in [0.05, 0.1) is 6.20 Å². The molecule has 1 fully saturated rings. The Kier molecular flexibility index (Phi) is 5.97. The maximum Gasteiger partial charge on any atom is 0.292 e. The molecule has 1 aliphatic rings. The third-order valence-corrected chi connectivity index (χ3v) is 5.42. The number of hydrogen-bond donors (Lipinski definition) is 2. The van der Waals surface area contributed by atoms with Gasteiger partial charge in [0, 0.05) is 23.4 Å². The zero-order chi connectivity index (χ0) is 23.8. The summed E-state index contributed by atoms with van der Waals surface area (Å²) in [5.41, 5.74) is 2.38. The Bertz CT molecular complexity index is 1210. The summed E-state index contributed by atoms with van der Waals surface area (Å²) in [5.74, 6) is -0.273. The van der Waals surface area contributed by atoms with Crippen LogP contribution in [0.4, 0.5) is 10.2 Å². The minimum atomic E-state index is -0.480. The second-order valence-corrected chi connectivity index (χ2v) is 9.31. The molecule has 172 valence electrons. The van der Waals surface area contributed by atoms with Crippen LogP contribution < -0.4 is 10.6 Å². The number of carbonyl (C=O) groups excluding carboxylic acids is 2. The molecule has 3 aromatic rings. The molecule has 1 aromatic carbocycles. The van der Waals surface area contributed by atoms with E-state index in [0.29, 0.717) is 22.8 Å². The van der Waals surface area contributed by atoms with Gasteiger partial charge in [-0.1, -0.05) is 44.1 Å². The van der Waals surface area contributed by atoms with Gasteiger partial charge >= 0.3 is 0 Å². The van der Waals surface area contributed by atoms with Crippen molar-refractivity contribution in [2.45, 2.75) is 52.5 Å². The van der Waals surface area contributed by atoms with E-state index in [0.717, 1.165) is 30.2 Å². The standard InChI is InChI=1S/C24H26FN5O3/c1-13-9-15(17-10-19(26-12-18(17)25)28-21(31)14-5-6-14)7-8-16(13)11-27-22(32)20-29-23(33-30-20)24(2,3)4/h7-10,12,14H,5-6,11H2,1-4H3,(H,27,32)(H,26,28,31). The Morgan fingerprint density at radius 1 is 1.21 bits per heavy atom. The maximum atomic E-state index is 14.5. The van der Waals surface area contributed by atoms with Crippen LogP contribution in [-0.2, 0) is 16.8 Å². The number of anilines is 1. The van der Waals surface area contributed by atoms with Crippen molar-refractivity contribution in [1.82, 2.24) is 20.4 Å². The largest absolute Gasteiger partial charge is 0.345 e. The lowest BCUT2D eigenvalue weighted by Crippen LogP contribution is -2.24. The van der Waals surface area contributed by atoms with Gasteiger partial charge < -0.3 is 15.2 Å². The second kappa shape index (κ2) is 8.73. The number of benzene rings is 1. The maximum absolute atomic E-state index is 14.5. The van der Waals surface area contributed by atoms with Gasteiger partial charge in [0.2, 0.25) is 11.8 Å². The van der Waals surface area contributed by atoms with E-state index in [1.165, 1.54) is 6.07 Å². The molecule has 0 bridgehead atoms. The number of rotatable bonds is 6. The molecule has 1 aliphatic carbocycles. The van der Waals surface area contributed by atoms with E-state index < -0.39 is 11.7 Å². The fourth-order valence-corrected chi connectivity index (χ4v) is 3.24. The molecule has 9 heteroatoms. The van der Waals surface area contributed by atoms with Crippen molar-refractivity contribution < 1.29 is 18.5 Å². The van der Waals surface area contributed by atoms with Gasteiger partial charge in [0.1, 0.15) is 11.6 Å². The SMILES string of the molecule is Cc1cc(-c2cc(NC(=O)C3CC3)ncc2F)ccc1CNC(=O)c1noc(C(C)(C)C)n1. The average Bonchev–Trinajstić information content (AvgIpc) is 3.49. The summed E-state index contributed by atoms with van der Waals surface area (Å²) in [6.07, 6.45) is 2.86. The average molecular weight is 452 g/mol. The predicted octanol–water partition coefficient (Wildman–Crippen LogP) is 4.16. The summed E-state index contributed by atoms with van der Waals surface area (Å²) in [7, 11) is 0. The Balaban J connectivity index is 1.45. The number of nitrogens with one attached hydrogen (secondary N) is 2. The Morgan fingerprint density at radius 3 is 2.61 bits per heavy atom. The molecule has 2 N–H and O–H groups in total. The first-order valence-corrected chi connectivity index (χ1v) is 10.8. The Morgan fingerprint density at radius 2 is 1.97 bits per heavy atom. The minimum absolute atomic E-state index is 0.0196. The molecule has 0 aliphatic heterocycles. The summed E-state index contributed by atoms with van der Waals surface area (Å²) in [5, 5.41) is 9.27. The van der Waals surface area contributed by atoms with Crippen molar-refractivity contribution in [2.24, 2.45) is 5.92 Å². The number of amides is 2. The van der Waals surface area contributed by atoms with Crippen molar-refractivity contribution in [1.29, 1.82) is 0 Å². The highest BCUT2D eigenvalue weighted by molar-refractivity contribution is 5.93. The molecule has 8 nitrogen and oxygen atoms in total. The molecule has 2 heterocycles. The summed E-state index contributed by atoms with van der Waals surface area (Å²) in [6, 6.07) is 6.96. The lowest BCUT2D eigenvalue weighted by Gasteiger charge is -2.11. The van der Waals surface area contributed by atoms with E-state index in [9.17, 15) is 14.0 Å². The third kappa shape index (κ3) is 5.24. The van der Waals surface area contributed by atoms with Crippen LogP contribution in [0.1, 0.15) is 61.2 Å². The quantitative estimate of drug-likeness (QED) is 0.582. The number of carbonyl (C=O) groups is 2. The summed E-state index contributed by atoms with van der Waals surface area (Å²) < 4.78 is 19.6. The highest BCUT2D eigenvalue weighted by Gasteiger charge is 2.30. The summed E-state index contributed by atoms with van der Waals surface area (Å²) >= 11 is 0. The summed E-state index contributed by atoms with van der Waals surface area (Å²) in [4.78, 5) is 32.5. The van der Waals surface area contributed by atoms with Crippen molar-refractivity contribution >= 4 is 17.6 Å². The van der Waals surface area contributed by atoms with Crippen LogP contribution in [0, 0.1) is 18.7 Å². The van der Waals surface area contributed by atoms with Gasteiger partial charge in [0.25, 0.3) is 11.7 Å². The molecule has 0 saturated heterocycles. The fourth-order valence-electron chi connectivity index (χ4n) is 3.24. The van der Waals surface area contributed by atoms with Gasteiger partial charge in [-0.2, -0.15) is 4.98 Å². The number of pyridine rings is 1.